The van der Waals surface area contributed by atoms with Gasteiger partial charge in [-0.2, -0.15) is 5.10 Å². The van der Waals surface area contributed by atoms with Crippen LogP contribution in [-0.4, -0.2) is 39.2 Å². The van der Waals surface area contributed by atoms with Gasteiger partial charge in [-0.05, 0) is 31.2 Å². The highest BCUT2D eigenvalue weighted by Crippen LogP contribution is 2.38. The Bertz CT molecular complexity index is 964. The largest absolute Gasteiger partial charge is 0.309 e. The molecular formula is C18H18N6O. The first-order valence-electron chi connectivity index (χ1n) is 8.11. The molecule has 4 rings (SSSR count). The van der Waals surface area contributed by atoms with E-state index in [1.165, 1.54) is 0 Å². The van der Waals surface area contributed by atoms with Gasteiger partial charge in [-0.3, -0.25) is 9.48 Å². The average molecular weight is 334 g/mol. The normalized spacial score (nSPS) is 13.5. The molecule has 1 amide bonds. The van der Waals surface area contributed by atoms with E-state index >= 15 is 0 Å². The van der Waals surface area contributed by atoms with E-state index in [0.29, 0.717) is 17.9 Å². The quantitative estimate of drug-likeness (QED) is 0.721. The van der Waals surface area contributed by atoms with Crippen molar-refractivity contribution in [3.63, 3.8) is 0 Å². The summed E-state index contributed by atoms with van der Waals surface area (Å²) in [6.07, 6.45) is 5.40. The van der Waals surface area contributed by atoms with Crippen LogP contribution in [0.1, 0.15) is 17.3 Å². The second kappa shape index (κ2) is 5.70. The predicted molar refractivity (Wildman–Crippen MR) is 96.1 cm³/mol. The molecule has 0 fully saturated rings. The Morgan fingerprint density at radius 1 is 1.12 bits per heavy atom. The zero-order valence-corrected chi connectivity index (χ0v) is 14.3. The Morgan fingerprint density at radius 2 is 1.96 bits per heavy atom. The minimum absolute atomic E-state index is 0.0868. The summed E-state index contributed by atoms with van der Waals surface area (Å²) in [7, 11) is 3.64. The SMILES string of the molecule is CCN1c2ncccc2C(=O)N(C)c2ccc(-c3cnn(C)c3)nc21. The predicted octanol–water partition coefficient (Wildman–Crippen LogP) is 2.63. The molecule has 126 valence electrons. The summed E-state index contributed by atoms with van der Waals surface area (Å²) in [5, 5.41) is 4.21. The summed E-state index contributed by atoms with van der Waals surface area (Å²) in [6, 6.07) is 7.43. The Balaban J connectivity index is 1.94. The zero-order chi connectivity index (χ0) is 17.6. The van der Waals surface area contributed by atoms with Crippen LogP contribution >= 0.6 is 0 Å². The van der Waals surface area contributed by atoms with Crippen molar-refractivity contribution in [1.82, 2.24) is 19.7 Å². The maximum atomic E-state index is 12.8. The van der Waals surface area contributed by atoms with Crippen molar-refractivity contribution in [2.45, 2.75) is 6.92 Å². The summed E-state index contributed by atoms with van der Waals surface area (Å²) in [6.45, 7) is 2.68. The number of hydrogen-bond acceptors (Lipinski definition) is 5. The van der Waals surface area contributed by atoms with Gasteiger partial charge in [0.05, 0.1) is 23.1 Å². The lowest BCUT2D eigenvalue weighted by Gasteiger charge is -2.23. The molecule has 4 heterocycles. The number of pyridine rings is 2. The van der Waals surface area contributed by atoms with E-state index in [4.69, 9.17) is 4.98 Å². The van der Waals surface area contributed by atoms with Crippen LogP contribution in [0.25, 0.3) is 11.3 Å². The van der Waals surface area contributed by atoms with Gasteiger partial charge < -0.3 is 9.80 Å². The van der Waals surface area contributed by atoms with E-state index < -0.39 is 0 Å². The summed E-state index contributed by atoms with van der Waals surface area (Å²) in [5.41, 5.74) is 3.08. The molecule has 0 saturated heterocycles. The highest BCUT2D eigenvalue weighted by Gasteiger charge is 2.30. The minimum atomic E-state index is -0.0868. The molecule has 1 aliphatic heterocycles. The number of aromatic nitrogens is 4. The van der Waals surface area contributed by atoms with E-state index in [1.807, 2.05) is 37.2 Å². The lowest BCUT2D eigenvalue weighted by molar-refractivity contribution is 0.0994. The molecule has 7 nitrogen and oxygen atoms in total. The summed E-state index contributed by atoms with van der Waals surface area (Å²) >= 11 is 0. The van der Waals surface area contributed by atoms with Crippen LogP contribution in [0, 0.1) is 0 Å². The van der Waals surface area contributed by atoms with Crippen molar-refractivity contribution >= 4 is 23.2 Å². The van der Waals surface area contributed by atoms with Crippen LogP contribution in [0.3, 0.4) is 0 Å². The second-order valence-electron chi connectivity index (χ2n) is 5.92. The van der Waals surface area contributed by atoms with Crippen molar-refractivity contribution in [1.29, 1.82) is 0 Å². The van der Waals surface area contributed by atoms with E-state index in [-0.39, 0.29) is 5.91 Å². The lowest BCUT2D eigenvalue weighted by Crippen LogP contribution is -2.25. The maximum Gasteiger partial charge on any atom is 0.261 e. The van der Waals surface area contributed by atoms with Crippen molar-refractivity contribution < 1.29 is 4.79 Å². The number of nitrogens with zero attached hydrogens (tertiary/aromatic N) is 6. The van der Waals surface area contributed by atoms with Crippen LogP contribution in [0.5, 0.6) is 0 Å². The van der Waals surface area contributed by atoms with E-state index in [9.17, 15) is 4.79 Å². The molecule has 0 aliphatic carbocycles. The van der Waals surface area contributed by atoms with E-state index in [1.54, 1.807) is 41.2 Å². The molecule has 0 bridgehead atoms. The molecule has 0 aromatic carbocycles. The first-order chi connectivity index (χ1) is 12.1. The fraction of sp³-hybridized carbons (Fsp3) is 0.222. The third kappa shape index (κ3) is 2.36. The topological polar surface area (TPSA) is 67.2 Å². The number of hydrogen-bond donors (Lipinski definition) is 0. The molecule has 7 heteroatoms. The molecule has 3 aromatic rings. The summed E-state index contributed by atoms with van der Waals surface area (Å²) < 4.78 is 1.74. The Morgan fingerprint density at radius 3 is 2.68 bits per heavy atom. The van der Waals surface area contributed by atoms with Crippen LogP contribution in [0.2, 0.25) is 0 Å². The van der Waals surface area contributed by atoms with Crippen LogP contribution < -0.4 is 9.80 Å². The lowest BCUT2D eigenvalue weighted by atomic mass is 10.2. The minimum Gasteiger partial charge on any atom is -0.309 e. The van der Waals surface area contributed by atoms with Gasteiger partial charge in [0.25, 0.3) is 5.91 Å². The van der Waals surface area contributed by atoms with Gasteiger partial charge in [0.2, 0.25) is 0 Å². The molecule has 1 aliphatic rings. The van der Waals surface area contributed by atoms with Crippen molar-refractivity contribution in [2.75, 3.05) is 23.4 Å². The Labute approximate surface area is 145 Å². The maximum absolute atomic E-state index is 12.8. The first-order valence-corrected chi connectivity index (χ1v) is 8.11. The molecule has 3 aromatic heterocycles. The average Bonchev–Trinajstić information content (AvgIpc) is 3.04. The molecule has 0 saturated carbocycles. The highest BCUT2D eigenvalue weighted by atomic mass is 16.2. The number of fused-ring (bicyclic) bond motifs is 2. The van der Waals surface area contributed by atoms with Crippen LogP contribution in [0.15, 0.2) is 42.9 Å². The Kier molecular flexibility index (Phi) is 3.49. The molecule has 0 spiro atoms. The molecular weight excluding hydrogens is 316 g/mol. The Hall–Kier alpha value is -3.22. The highest BCUT2D eigenvalue weighted by molar-refractivity contribution is 6.12. The van der Waals surface area contributed by atoms with Crippen molar-refractivity contribution in [3.05, 3.63) is 48.4 Å². The molecule has 0 N–H and O–H groups in total. The number of carbonyl (C=O) groups is 1. The standard InChI is InChI=1S/C18H18N6O/c1-4-24-16-13(6-5-9-19-16)18(25)23(3)15-8-7-14(21-17(15)24)12-10-20-22(2)11-12/h5-11H,4H2,1-3H3. The fourth-order valence-electron chi connectivity index (χ4n) is 3.08. The molecule has 0 unspecified atom stereocenters. The number of rotatable bonds is 2. The van der Waals surface area contributed by atoms with Gasteiger partial charge in [-0.1, -0.05) is 0 Å². The van der Waals surface area contributed by atoms with Gasteiger partial charge in [-0.15, -0.1) is 0 Å². The van der Waals surface area contributed by atoms with E-state index in [2.05, 4.69) is 10.1 Å². The van der Waals surface area contributed by atoms with Gasteiger partial charge in [0.15, 0.2) is 5.82 Å². The second-order valence-corrected chi connectivity index (χ2v) is 5.92. The van der Waals surface area contributed by atoms with Gasteiger partial charge >= 0.3 is 0 Å². The van der Waals surface area contributed by atoms with Crippen LogP contribution in [0.4, 0.5) is 17.3 Å². The summed E-state index contributed by atoms with van der Waals surface area (Å²) in [4.78, 5) is 25.7. The summed E-state index contributed by atoms with van der Waals surface area (Å²) in [5.74, 6) is 1.27. The molecule has 25 heavy (non-hydrogen) atoms. The third-order valence-electron chi connectivity index (χ3n) is 4.37. The zero-order valence-electron chi connectivity index (χ0n) is 14.3. The van der Waals surface area contributed by atoms with Gasteiger partial charge in [-0.25, -0.2) is 9.97 Å². The third-order valence-corrected chi connectivity index (χ3v) is 4.37. The molecule has 0 radical (unpaired) electrons. The van der Waals surface area contributed by atoms with Crippen LogP contribution in [-0.2, 0) is 7.05 Å². The number of anilines is 3. The number of amides is 1. The first kappa shape index (κ1) is 15.3. The fourth-order valence-corrected chi connectivity index (χ4v) is 3.08. The van der Waals surface area contributed by atoms with Crippen molar-refractivity contribution in [3.8, 4) is 11.3 Å². The van der Waals surface area contributed by atoms with Crippen molar-refractivity contribution in [2.24, 2.45) is 7.05 Å². The smallest absolute Gasteiger partial charge is 0.261 e. The van der Waals surface area contributed by atoms with E-state index in [0.717, 1.165) is 22.8 Å². The number of carbonyl (C=O) groups excluding carboxylic acids is 1. The monoisotopic (exact) mass is 334 g/mol. The number of aryl methyl sites for hydroxylation is 1. The molecule has 0 atom stereocenters. The van der Waals surface area contributed by atoms with Gasteiger partial charge in [0, 0.05) is 38.6 Å². The van der Waals surface area contributed by atoms with Gasteiger partial charge in [0.1, 0.15) is 5.82 Å².